The molecule has 0 aliphatic rings. The van der Waals surface area contributed by atoms with Gasteiger partial charge in [-0.1, -0.05) is 0 Å². The molecule has 0 amide bonds. The number of hydrogen-bond donors (Lipinski definition) is 1. The Morgan fingerprint density at radius 1 is 1.27 bits per heavy atom. The van der Waals surface area contributed by atoms with Crippen LogP contribution in [0.4, 0.5) is 0 Å². The van der Waals surface area contributed by atoms with Crippen molar-refractivity contribution in [2.45, 2.75) is 12.8 Å². The van der Waals surface area contributed by atoms with Crippen molar-refractivity contribution in [3.8, 4) is 0 Å². The summed E-state index contributed by atoms with van der Waals surface area (Å²) in [6.45, 7) is 0. The summed E-state index contributed by atoms with van der Waals surface area (Å²) in [4.78, 5) is 0. The van der Waals surface area contributed by atoms with Gasteiger partial charge in [-0.05, 0) is 0 Å². The van der Waals surface area contributed by atoms with Gasteiger partial charge in [-0.15, -0.1) is 0 Å². The van der Waals surface area contributed by atoms with Crippen LogP contribution in [-0.4, -0.2) is 20.6 Å². The topological polar surface area (TPSA) is 23.9 Å². The van der Waals surface area contributed by atoms with E-state index in [0.29, 0.717) is 4.61 Å². The summed E-state index contributed by atoms with van der Waals surface area (Å²) >= 11 is 2.69. The van der Waals surface area contributed by atoms with Crippen molar-refractivity contribution in [2.24, 2.45) is 0 Å². The summed E-state index contributed by atoms with van der Waals surface area (Å²) in [5.74, 6) is 0. The summed E-state index contributed by atoms with van der Waals surface area (Å²) in [6, 6.07) is 10.2. The van der Waals surface area contributed by atoms with Crippen molar-refractivity contribution in [3.05, 3.63) is 35.9 Å². The van der Waals surface area contributed by atoms with Crippen LogP contribution in [0.3, 0.4) is 0 Å². The van der Waals surface area contributed by atoms with E-state index in [0.717, 1.165) is 12.8 Å². The number of hydrogen-bond acceptors (Lipinski definition) is 1. The van der Waals surface area contributed by atoms with Crippen LogP contribution in [-0.2, 0) is 6.42 Å². The first-order chi connectivity index (χ1) is 5.29. The molecule has 0 heterocycles. The second-order valence-electron chi connectivity index (χ2n) is 2.41. The molecule has 1 nitrogen and oxygen atoms in total. The fourth-order valence-electron chi connectivity index (χ4n) is 0.903. The van der Waals surface area contributed by atoms with Gasteiger partial charge < -0.3 is 0 Å². The van der Waals surface area contributed by atoms with Crippen LogP contribution >= 0.6 is 0 Å². The molecule has 2 heteroatoms. The van der Waals surface area contributed by atoms with Crippen molar-refractivity contribution >= 4 is 20.6 Å². The monoisotopic (exact) mass is 212 g/mol. The standard InChI is InChI=1S/C9H10NSe/c10-9(11)7-6-8-4-2-1-3-5-8/h1-5,10H,6-7H2. The number of aryl methyl sites for hydroxylation is 1. The predicted molar refractivity (Wildman–Crippen MR) is 48.2 cm³/mol. The van der Waals surface area contributed by atoms with Gasteiger partial charge in [-0.2, -0.15) is 0 Å². The Morgan fingerprint density at radius 3 is 2.45 bits per heavy atom. The Labute approximate surface area is 75.1 Å². The molecular formula is C9H10NSe. The van der Waals surface area contributed by atoms with Gasteiger partial charge in [0.1, 0.15) is 0 Å². The average Bonchev–Trinajstić information content (AvgIpc) is 2.03. The molecule has 1 N–H and O–H groups in total. The summed E-state index contributed by atoms with van der Waals surface area (Å²) < 4.78 is 0.633. The molecule has 0 saturated carbocycles. The zero-order valence-electron chi connectivity index (χ0n) is 6.21. The number of benzene rings is 1. The van der Waals surface area contributed by atoms with E-state index in [2.05, 4.69) is 28.1 Å². The van der Waals surface area contributed by atoms with Crippen molar-refractivity contribution in [2.75, 3.05) is 0 Å². The molecule has 0 bridgehead atoms. The van der Waals surface area contributed by atoms with Gasteiger partial charge in [-0.25, -0.2) is 0 Å². The SMILES string of the molecule is N=C([Se])CCc1ccccc1. The first kappa shape index (κ1) is 8.51. The van der Waals surface area contributed by atoms with Gasteiger partial charge in [0.05, 0.1) is 0 Å². The summed E-state index contributed by atoms with van der Waals surface area (Å²) in [5, 5.41) is 7.19. The van der Waals surface area contributed by atoms with E-state index in [1.807, 2.05) is 18.2 Å². The van der Waals surface area contributed by atoms with Gasteiger partial charge in [0, 0.05) is 0 Å². The second kappa shape index (κ2) is 4.32. The molecule has 0 unspecified atom stereocenters. The Balaban J connectivity index is 2.45. The molecule has 0 aromatic heterocycles. The molecule has 57 valence electrons. The summed E-state index contributed by atoms with van der Waals surface area (Å²) in [6.07, 6.45) is 1.79. The van der Waals surface area contributed by atoms with Crippen LogP contribution in [0.2, 0.25) is 0 Å². The van der Waals surface area contributed by atoms with E-state index in [1.54, 1.807) is 0 Å². The Bertz CT molecular complexity index is 231. The van der Waals surface area contributed by atoms with Gasteiger partial charge >= 0.3 is 74.8 Å². The zero-order chi connectivity index (χ0) is 8.10. The van der Waals surface area contributed by atoms with Crippen LogP contribution in [0.25, 0.3) is 0 Å². The first-order valence-electron chi connectivity index (χ1n) is 3.57. The normalized spacial score (nSPS) is 9.45. The fraction of sp³-hybridized carbons (Fsp3) is 0.222. The van der Waals surface area contributed by atoms with Gasteiger partial charge in [-0.3, -0.25) is 0 Å². The van der Waals surface area contributed by atoms with Crippen molar-refractivity contribution in [3.63, 3.8) is 0 Å². The molecular weight excluding hydrogens is 201 g/mol. The molecule has 1 rings (SSSR count). The number of rotatable bonds is 3. The third kappa shape index (κ3) is 3.35. The molecule has 1 aromatic rings. The number of nitrogens with one attached hydrogen (secondary N) is 1. The maximum atomic E-state index is 7.19. The minimum atomic E-state index is 0.633. The molecule has 0 aliphatic heterocycles. The molecule has 0 aliphatic carbocycles. The third-order valence-electron chi connectivity index (χ3n) is 1.48. The molecule has 0 saturated heterocycles. The van der Waals surface area contributed by atoms with E-state index >= 15 is 0 Å². The second-order valence-corrected chi connectivity index (χ2v) is 3.44. The Hall–Kier alpha value is -0.591. The Kier molecular flexibility index (Phi) is 3.34. The van der Waals surface area contributed by atoms with Gasteiger partial charge in [0.2, 0.25) is 0 Å². The zero-order valence-corrected chi connectivity index (χ0v) is 7.92. The fourth-order valence-corrected chi connectivity index (χ4v) is 1.12. The van der Waals surface area contributed by atoms with Crippen molar-refractivity contribution in [1.82, 2.24) is 0 Å². The molecule has 0 fully saturated rings. The molecule has 0 atom stereocenters. The average molecular weight is 211 g/mol. The van der Waals surface area contributed by atoms with Crippen LogP contribution in [0, 0.1) is 5.41 Å². The predicted octanol–water partition coefficient (Wildman–Crippen LogP) is 1.76. The molecule has 0 spiro atoms. The Morgan fingerprint density at radius 2 is 1.91 bits per heavy atom. The third-order valence-corrected chi connectivity index (χ3v) is 1.91. The summed E-state index contributed by atoms with van der Waals surface area (Å²) in [7, 11) is 0. The quantitative estimate of drug-likeness (QED) is 0.582. The van der Waals surface area contributed by atoms with E-state index in [4.69, 9.17) is 5.41 Å². The summed E-state index contributed by atoms with van der Waals surface area (Å²) in [5.41, 5.74) is 1.30. The van der Waals surface area contributed by atoms with Gasteiger partial charge in [0.25, 0.3) is 0 Å². The first-order valence-corrected chi connectivity index (χ1v) is 4.43. The van der Waals surface area contributed by atoms with Crippen molar-refractivity contribution < 1.29 is 0 Å². The van der Waals surface area contributed by atoms with E-state index in [1.165, 1.54) is 5.56 Å². The molecule has 11 heavy (non-hydrogen) atoms. The van der Waals surface area contributed by atoms with E-state index in [9.17, 15) is 0 Å². The minimum absolute atomic E-state index is 0.633. The molecule has 1 radical (unpaired) electrons. The van der Waals surface area contributed by atoms with E-state index < -0.39 is 0 Å². The van der Waals surface area contributed by atoms with Crippen LogP contribution in [0.1, 0.15) is 12.0 Å². The van der Waals surface area contributed by atoms with Gasteiger partial charge in [0.15, 0.2) is 0 Å². The van der Waals surface area contributed by atoms with Crippen molar-refractivity contribution in [1.29, 1.82) is 5.41 Å². The van der Waals surface area contributed by atoms with Crippen LogP contribution < -0.4 is 0 Å². The van der Waals surface area contributed by atoms with Crippen LogP contribution in [0.5, 0.6) is 0 Å². The molecule has 1 aromatic carbocycles. The maximum absolute atomic E-state index is 7.19. The van der Waals surface area contributed by atoms with Crippen LogP contribution in [0.15, 0.2) is 30.3 Å². The van der Waals surface area contributed by atoms with E-state index in [-0.39, 0.29) is 0 Å².